The minimum Gasteiger partial charge on any atom is -0.489 e. The second kappa shape index (κ2) is 9.19. The molecule has 0 unspecified atom stereocenters. The third-order valence-electron chi connectivity index (χ3n) is 6.58. The summed E-state index contributed by atoms with van der Waals surface area (Å²) in [7, 11) is 0. The molecule has 2 aliphatic rings. The summed E-state index contributed by atoms with van der Waals surface area (Å²) in [6, 6.07) is 16.0. The van der Waals surface area contributed by atoms with Gasteiger partial charge in [-0.15, -0.1) is 0 Å². The normalized spacial score (nSPS) is 14.4. The average molecular weight is 522 g/mol. The Balaban J connectivity index is 1.27. The number of benzene rings is 3. The smallest absolute Gasteiger partial charge is 0.335 e. The van der Waals surface area contributed by atoms with Gasteiger partial charge in [0.1, 0.15) is 35.3 Å². The van der Waals surface area contributed by atoms with E-state index in [1.165, 1.54) is 0 Å². The highest BCUT2D eigenvalue weighted by molar-refractivity contribution is 6.39. The lowest BCUT2D eigenvalue weighted by atomic mass is 10.0. The van der Waals surface area contributed by atoms with Crippen molar-refractivity contribution in [3.8, 4) is 28.5 Å². The Hall–Kier alpha value is -3.48. The van der Waals surface area contributed by atoms with Gasteiger partial charge in [0.2, 0.25) is 0 Å². The molecule has 0 atom stereocenters. The minimum atomic E-state index is -0.980. The van der Waals surface area contributed by atoms with Crippen LogP contribution in [0.3, 0.4) is 0 Å². The van der Waals surface area contributed by atoms with E-state index >= 15 is 0 Å². The molecule has 6 nitrogen and oxygen atoms in total. The fraction of sp³-hybridized carbons (Fsp3) is 0.214. The maximum absolute atomic E-state index is 11.4. The van der Waals surface area contributed by atoms with Crippen LogP contribution >= 0.6 is 23.2 Å². The number of aromatic carboxylic acids is 1. The summed E-state index contributed by atoms with van der Waals surface area (Å²) >= 11 is 12.9. The minimum absolute atomic E-state index is 0.201. The molecule has 8 heteroatoms. The van der Waals surface area contributed by atoms with E-state index in [0.717, 1.165) is 48.1 Å². The highest BCUT2D eigenvalue weighted by Crippen LogP contribution is 2.46. The van der Waals surface area contributed by atoms with Crippen molar-refractivity contribution < 1.29 is 23.9 Å². The molecule has 1 aliphatic heterocycles. The Morgan fingerprint density at radius 2 is 1.78 bits per heavy atom. The van der Waals surface area contributed by atoms with E-state index in [0.29, 0.717) is 44.5 Å². The average Bonchev–Trinajstić information content (AvgIpc) is 3.65. The van der Waals surface area contributed by atoms with Crippen LogP contribution in [0, 0.1) is 0 Å². The number of rotatable bonds is 6. The van der Waals surface area contributed by atoms with Crippen LogP contribution in [0.5, 0.6) is 17.2 Å². The lowest BCUT2D eigenvalue weighted by Crippen LogP contribution is -2.01. The van der Waals surface area contributed by atoms with Crippen molar-refractivity contribution >= 4 is 29.2 Å². The maximum atomic E-state index is 11.4. The van der Waals surface area contributed by atoms with Crippen molar-refractivity contribution in [2.24, 2.45) is 0 Å². The number of hydrogen-bond acceptors (Lipinski definition) is 5. The molecule has 4 aromatic rings. The van der Waals surface area contributed by atoms with Crippen LogP contribution in [0.2, 0.25) is 10.0 Å². The lowest BCUT2D eigenvalue weighted by Gasteiger charge is -2.12. The van der Waals surface area contributed by atoms with E-state index in [2.05, 4.69) is 5.16 Å². The molecule has 36 heavy (non-hydrogen) atoms. The molecule has 0 bridgehead atoms. The SMILES string of the molecule is O=C(O)c1ccc2c(c1)Oc1ccc(OCc3c(-c4c(Cl)cccc4Cl)noc3C3CC3)cc1CC2. The number of aryl methyl sites for hydroxylation is 2. The molecule has 1 N–H and O–H groups in total. The fourth-order valence-corrected chi connectivity index (χ4v) is 5.10. The molecule has 1 fully saturated rings. The number of carboxylic acids is 1. The number of fused-ring (bicyclic) bond motifs is 2. The molecule has 0 amide bonds. The van der Waals surface area contributed by atoms with Crippen LogP contribution in [0.15, 0.2) is 59.1 Å². The summed E-state index contributed by atoms with van der Waals surface area (Å²) in [4.78, 5) is 11.4. The van der Waals surface area contributed by atoms with Crippen LogP contribution in [-0.4, -0.2) is 16.2 Å². The van der Waals surface area contributed by atoms with Gasteiger partial charge in [0.05, 0.1) is 21.2 Å². The first-order chi connectivity index (χ1) is 17.5. The van der Waals surface area contributed by atoms with E-state index in [4.69, 9.17) is 37.2 Å². The number of carboxylic acid groups (broad SMARTS) is 1. The van der Waals surface area contributed by atoms with Gasteiger partial charge in [0.15, 0.2) is 0 Å². The van der Waals surface area contributed by atoms with Crippen LogP contribution in [0.4, 0.5) is 0 Å². The molecule has 3 aromatic carbocycles. The Kier molecular flexibility index (Phi) is 5.86. The molecule has 0 spiro atoms. The zero-order valence-electron chi connectivity index (χ0n) is 19.1. The van der Waals surface area contributed by atoms with Crippen molar-refractivity contribution in [1.29, 1.82) is 0 Å². The summed E-state index contributed by atoms with van der Waals surface area (Å²) in [5, 5.41) is 14.6. The number of hydrogen-bond donors (Lipinski definition) is 1. The predicted molar refractivity (Wildman–Crippen MR) is 136 cm³/mol. The zero-order chi connectivity index (χ0) is 24.8. The van der Waals surface area contributed by atoms with E-state index in [1.54, 1.807) is 30.3 Å². The molecule has 0 radical (unpaired) electrons. The molecule has 182 valence electrons. The molecular formula is C28H21Cl2NO5. The monoisotopic (exact) mass is 521 g/mol. The van der Waals surface area contributed by atoms with Gasteiger partial charge in [-0.2, -0.15) is 0 Å². The number of ether oxygens (including phenoxy) is 2. The number of carbonyl (C=O) groups is 1. The van der Waals surface area contributed by atoms with Gasteiger partial charge >= 0.3 is 5.97 Å². The summed E-state index contributed by atoms with van der Waals surface area (Å²) < 4.78 is 18.0. The second-order valence-electron chi connectivity index (χ2n) is 9.03. The Morgan fingerprint density at radius 1 is 1.00 bits per heavy atom. The van der Waals surface area contributed by atoms with E-state index in [1.807, 2.05) is 24.3 Å². The molecule has 6 rings (SSSR count). The third-order valence-corrected chi connectivity index (χ3v) is 7.21. The first kappa shape index (κ1) is 23.0. The second-order valence-corrected chi connectivity index (χ2v) is 9.85. The van der Waals surface area contributed by atoms with Crippen molar-refractivity contribution in [3.63, 3.8) is 0 Å². The highest BCUT2D eigenvalue weighted by atomic mass is 35.5. The Morgan fingerprint density at radius 3 is 2.53 bits per heavy atom. The van der Waals surface area contributed by atoms with Gasteiger partial charge < -0.3 is 19.1 Å². The van der Waals surface area contributed by atoms with E-state index < -0.39 is 5.97 Å². The number of halogens is 2. The quantitative estimate of drug-likeness (QED) is 0.280. The topological polar surface area (TPSA) is 81.8 Å². The highest BCUT2D eigenvalue weighted by Gasteiger charge is 2.33. The molecule has 2 heterocycles. The predicted octanol–water partition coefficient (Wildman–Crippen LogP) is 7.69. The van der Waals surface area contributed by atoms with E-state index in [9.17, 15) is 9.90 Å². The first-order valence-corrected chi connectivity index (χ1v) is 12.5. The summed E-state index contributed by atoms with van der Waals surface area (Å²) in [5.74, 6) is 2.13. The standard InChI is InChI=1S/C28H21Cl2NO5/c29-21-2-1-3-22(30)25(21)26-20(27(36-31-26)16-6-7-16)14-34-19-10-11-23-17(12-19)8-4-15-5-9-18(28(32)33)13-24(15)35-23/h1-3,5,9-13,16H,4,6-8,14H2,(H,32,33). The van der Waals surface area contributed by atoms with E-state index in [-0.39, 0.29) is 12.2 Å². The third kappa shape index (κ3) is 4.31. The molecule has 1 aliphatic carbocycles. The summed E-state index contributed by atoms with van der Waals surface area (Å²) in [6.45, 7) is 0.258. The molecule has 1 saturated carbocycles. The van der Waals surface area contributed by atoms with Gasteiger partial charge in [-0.1, -0.05) is 40.5 Å². The van der Waals surface area contributed by atoms with Crippen molar-refractivity contribution in [2.75, 3.05) is 0 Å². The van der Waals surface area contributed by atoms with Gasteiger partial charge in [0.25, 0.3) is 0 Å². The summed E-state index contributed by atoms with van der Waals surface area (Å²) in [6.07, 6.45) is 3.59. The van der Waals surface area contributed by atoms with Gasteiger partial charge in [-0.05, 0) is 79.3 Å². The van der Waals surface area contributed by atoms with Gasteiger partial charge in [0, 0.05) is 11.5 Å². The molecule has 1 aromatic heterocycles. The van der Waals surface area contributed by atoms with Gasteiger partial charge in [-0.25, -0.2) is 4.79 Å². The molecular weight excluding hydrogens is 501 g/mol. The van der Waals surface area contributed by atoms with Crippen LogP contribution < -0.4 is 9.47 Å². The van der Waals surface area contributed by atoms with Gasteiger partial charge in [-0.3, -0.25) is 0 Å². The van der Waals surface area contributed by atoms with Crippen LogP contribution in [0.1, 0.15) is 51.6 Å². The number of aromatic nitrogens is 1. The molecule has 0 saturated heterocycles. The lowest BCUT2D eigenvalue weighted by molar-refractivity contribution is 0.0696. The van der Waals surface area contributed by atoms with Crippen molar-refractivity contribution in [2.45, 2.75) is 38.2 Å². The zero-order valence-corrected chi connectivity index (χ0v) is 20.6. The maximum Gasteiger partial charge on any atom is 0.335 e. The van der Waals surface area contributed by atoms with Crippen molar-refractivity contribution in [1.82, 2.24) is 5.16 Å². The van der Waals surface area contributed by atoms with Crippen LogP contribution in [-0.2, 0) is 19.4 Å². The Bertz CT molecular complexity index is 1470. The first-order valence-electron chi connectivity index (χ1n) is 11.7. The fourth-order valence-electron chi connectivity index (χ4n) is 4.52. The van der Waals surface area contributed by atoms with Crippen LogP contribution in [0.25, 0.3) is 11.3 Å². The number of nitrogens with zero attached hydrogens (tertiary/aromatic N) is 1. The Labute approximate surface area is 217 Å². The van der Waals surface area contributed by atoms with Crippen molar-refractivity contribution in [3.05, 3.63) is 92.7 Å². The largest absolute Gasteiger partial charge is 0.489 e. The summed E-state index contributed by atoms with van der Waals surface area (Å²) in [5.41, 5.74) is 4.26.